The number of hydrogen-bond acceptors (Lipinski definition) is 3. The molecule has 0 saturated heterocycles. The molecule has 4 rings (SSSR count). The number of alkyl halides is 3. The SMILES string of the molecule is Cn1cc(Br)cc1C(=O)NNC(=O)c1cnn(-c2cccc(C(F)(F)F)c2)c1C1CC1. The van der Waals surface area contributed by atoms with E-state index in [9.17, 15) is 22.8 Å². The molecule has 0 atom stereocenters. The fourth-order valence-corrected chi connectivity index (χ4v) is 3.82. The second kappa shape index (κ2) is 7.88. The van der Waals surface area contributed by atoms with Crippen LogP contribution in [0.2, 0.25) is 0 Å². The number of carbonyl (C=O) groups is 2. The smallest absolute Gasteiger partial charge is 0.345 e. The number of benzene rings is 1. The molecule has 162 valence electrons. The zero-order valence-electron chi connectivity index (χ0n) is 16.2. The summed E-state index contributed by atoms with van der Waals surface area (Å²) in [5, 5.41) is 4.16. The lowest BCUT2D eigenvalue weighted by Crippen LogP contribution is -2.42. The van der Waals surface area contributed by atoms with E-state index in [1.807, 2.05) is 0 Å². The molecule has 0 spiro atoms. The summed E-state index contributed by atoms with van der Waals surface area (Å²) < 4.78 is 42.9. The van der Waals surface area contributed by atoms with Crippen LogP contribution in [0.3, 0.4) is 0 Å². The number of halogens is 4. The number of aryl methyl sites for hydroxylation is 1. The van der Waals surface area contributed by atoms with E-state index in [1.165, 1.54) is 23.0 Å². The summed E-state index contributed by atoms with van der Waals surface area (Å²) in [4.78, 5) is 25.0. The summed E-state index contributed by atoms with van der Waals surface area (Å²) in [5.74, 6) is -1.10. The lowest BCUT2D eigenvalue weighted by atomic mass is 10.1. The number of carbonyl (C=O) groups excluding carboxylic acids is 2. The van der Waals surface area contributed by atoms with Crippen molar-refractivity contribution in [2.75, 3.05) is 0 Å². The van der Waals surface area contributed by atoms with E-state index in [0.29, 0.717) is 15.9 Å². The van der Waals surface area contributed by atoms with Crippen molar-refractivity contribution in [2.45, 2.75) is 24.9 Å². The Hall–Kier alpha value is -3.08. The van der Waals surface area contributed by atoms with Crippen LogP contribution in [0.1, 0.15) is 50.9 Å². The number of hydrazine groups is 1. The summed E-state index contributed by atoms with van der Waals surface area (Å²) in [6.45, 7) is 0. The Bertz CT molecular complexity index is 1160. The van der Waals surface area contributed by atoms with Gasteiger partial charge in [0.25, 0.3) is 11.8 Å². The molecule has 2 amide bonds. The number of hydrogen-bond donors (Lipinski definition) is 2. The van der Waals surface area contributed by atoms with Crippen molar-refractivity contribution in [3.05, 3.63) is 69.7 Å². The van der Waals surface area contributed by atoms with Crippen molar-refractivity contribution >= 4 is 27.7 Å². The number of rotatable bonds is 4. The Morgan fingerprint density at radius 1 is 1.16 bits per heavy atom. The molecule has 1 aliphatic carbocycles. The minimum Gasteiger partial charge on any atom is -0.345 e. The highest BCUT2D eigenvalue weighted by atomic mass is 79.9. The zero-order chi connectivity index (χ0) is 22.3. The normalized spacial score (nSPS) is 13.8. The van der Waals surface area contributed by atoms with Crippen LogP contribution in [0.25, 0.3) is 5.69 Å². The fourth-order valence-electron chi connectivity index (χ4n) is 3.30. The van der Waals surface area contributed by atoms with Crippen LogP contribution in [0.15, 0.2) is 47.2 Å². The van der Waals surface area contributed by atoms with Crippen LogP contribution in [0.4, 0.5) is 13.2 Å². The first-order valence-corrected chi connectivity index (χ1v) is 10.1. The molecule has 1 aromatic carbocycles. The highest BCUT2D eigenvalue weighted by Gasteiger charge is 2.34. The third kappa shape index (κ3) is 4.36. The average Bonchev–Trinajstić information content (AvgIpc) is 3.36. The summed E-state index contributed by atoms with van der Waals surface area (Å²) >= 11 is 3.27. The van der Waals surface area contributed by atoms with E-state index in [4.69, 9.17) is 0 Å². The monoisotopic (exact) mass is 495 g/mol. The van der Waals surface area contributed by atoms with Gasteiger partial charge in [-0.15, -0.1) is 0 Å². The molecule has 7 nitrogen and oxygen atoms in total. The largest absolute Gasteiger partial charge is 0.416 e. The standard InChI is InChI=1S/C20H17BrF3N5O2/c1-28-10-13(21)8-16(28)19(31)27-26-18(30)15-9-25-29(17(15)11-5-6-11)14-4-2-3-12(7-14)20(22,23)24/h2-4,7-11H,5-6H2,1H3,(H,26,30)(H,27,31). The maximum atomic E-state index is 13.1. The third-order valence-corrected chi connectivity index (χ3v) is 5.36. The zero-order valence-corrected chi connectivity index (χ0v) is 17.8. The van der Waals surface area contributed by atoms with Crippen molar-refractivity contribution in [2.24, 2.45) is 7.05 Å². The molecular weight excluding hydrogens is 479 g/mol. The van der Waals surface area contributed by atoms with Crippen LogP contribution >= 0.6 is 15.9 Å². The molecule has 0 radical (unpaired) electrons. The van der Waals surface area contributed by atoms with Gasteiger partial charge in [-0.2, -0.15) is 18.3 Å². The van der Waals surface area contributed by atoms with Gasteiger partial charge in [-0.3, -0.25) is 20.4 Å². The first-order chi connectivity index (χ1) is 14.6. The number of nitrogens with one attached hydrogen (secondary N) is 2. The van der Waals surface area contributed by atoms with Gasteiger partial charge in [-0.05, 0) is 53.0 Å². The number of amides is 2. The summed E-state index contributed by atoms with van der Waals surface area (Å²) in [7, 11) is 1.69. The number of aromatic nitrogens is 3. The van der Waals surface area contributed by atoms with Crippen molar-refractivity contribution in [3.8, 4) is 5.69 Å². The van der Waals surface area contributed by atoms with Crippen LogP contribution in [0, 0.1) is 0 Å². The highest BCUT2D eigenvalue weighted by Crippen LogP contribution is 2.42. The molecule has 0 unspecified atom stereocenters. The maximum absolute atomic E-state index is 13.1. The third-order valence-electron chi connectivity index (χ3n) is 4.93. The predicted molar refractivity (Wildman–Crippen MR) is 109 cm³/mol. The van der Waals surface area contributed by atoms with E-state index in [1.54, 1.807) is 23.9 Å². The van der Waals surface area contributed by atoms with Crippen molar-refractivity contribution < 1.29 is 22.8 Å². The second-order valence-electron chi connectivity index (χ2n) is 7.24. The molecule has 0 aliphatic heterocycles. The molecule has 2 aromatic heterocycles. The Morgan fingerprint density at radius 3 is 2.48 bits per heavy atom. The lowest BCUT2D eigenvalue weighted by Gasteiger charge is -2.12. The van der Waals surface area contributed by atoms with Gasteiger partial charge >= 0.3 is 6.18 Å². The molecule has 2 N–H and O–H groups in total. The fraction of sp³-hybridized carbons (Fsp3) is 0.250. The second-order valence-corrected chi connectivity index (χ2v) is 8.16. The van der Waals surface area contributed by atoms with Gasteiger partial charge in [0, 0.05) is 23.6 Å². The Balaban J connectivity index is 1.57. The maximum Gasteiger partial charge on any atom is 0.416 e. The number of nitrogens with zero attached hydrogens (tertiary/aromatic N) is 3. The van der Waals surface area contributed by atoms with E-state index in [2.05, 4.69) is 31.9 Å². The molecule has 2 heterocycles. The molecule has 1 fully saturated rings. The van der Waals surface area contributed by atoms with Gasteiger partial charge in [0.15, 0.2) is 0 Å². The molecule has 31 heavy (non-hydrogen) atoms. The van der Waals surface area contributed by atoms with E-state index >= 15 is 0 Å². The lowest BCUT2D eigenvalue weighted by molar-refractivity contribution is -0.137. The van der Waals surface area contributed by atoms with Crippen molar-refractivity contribution in [1.82, 2.24) is 25.2 Å². The topological polar surface area (TPSA) is 81.0 Å². The van der Waals surface area contributed by atoms with Crippen LogP contribution < -0.4 is 10.9 Å². The van der Waals surface area contributed by atoms with Gasteiger partial charge < -0.3 is 4.57 Å². The first-order valence-electron chi connectivity index (χ1n) is 9.33. The first kappa shape index (κ1) is 21.2. The molecule has 1 saturated carbocycles. The van der Waals surface area contributed by atoms with E-state index in [-0.39, 0.29) is 17.2 Å². The van der Waals surface area contributed by atoms with E-state index < -0.39 is 23.6 Å². The van der Waals surface area contributed by atoms with Gasteiger partial charge in [0.05, 0.1) is 28.7 Å². The van der Waals surface area contributed by atoms with Crippen molar-refractivity contribution in [3.63, 3.8) is 0 Å². The van der Waals surface area contributed by atoms with E-state index in [0.717, 1.165) is 25.0 Å². The predicted octanol–water partition coefficient (Wildman–Crippen LogP) is 3.94. The quantitative estimate of drug-likeness (QED) is 0.537. The minimum absolute atomic E-state index is 0.0114. The van der Waals surface area contributed by atoms with Crippen molar-refractivity contribution in [1.29, 1.82) is 0 Å². The van der Waals surface area contributed by atoms with Gasteiger partial charge in [-0.25, -0.2) is 4.68 Å². The molecule has 0 bridgehead atoms. The molecule has 1 aliphatic rings. The Kier molecular flexibility index (Phi) is 5.38. The average molecular weight is 496 g/mol. The van der Waals surface area contributed by atoms with Gasteiger partial charge in [0.2, 0.25) is 0 Å². The van der Waals surface area contributed by atoms with Gasteiger partial charge in [-0.1, -0.05) is 6.07 Å². The van der Waals surface area contributed by atoms with Crippen LogP contribution in [-0.2, 0) is 13.2 Å². The van der Waals surface area contributed by atoms with Crippen LogP contribution in [0.5, 0.6) is 0 Å². The summed E-state index contributed by atoms with van der Waals surface area (Å²) in [5.41, 5.74) is 5.18. The summed E-state index contributed by atoms with van der Waals surface area (Å²) in [6.07, 6.45) is 0.109. The Labute approximate surface area is 183 Å². The molecule has 3 aromatic rings. The Morgan fingerprint density at radius 2 is 1.87 bits per heavy atom. The molecule has 11 heteroatoms. The molecular formula is C20H17BrF3N5O2. The highest BCUT2D eigenvalue weighted by molar-refractivity contribution is 9.10. The summed E-state index contributed by atoms with van der Waals surface area (Å²) in [6, 6.07) is 6.38. The van der Waals surface area contributed by atoms with Crippen LogP contribution in [-0.4, -0.2) is 26.2 Å². The minimum atomic E-state index is -4.49. The van der Waals surface area contributed by atoms with Gasteiger partial charge in [0.1, 0.15) is 5.69 Å².